The van der Waals surface area contributed by atoms with Gasteiger partial charge in [-0.1, -0.05) is 55.0 Å². The van der Waals surface area contributed by atoms with E-state index in [1.807, 2.05) is 43.3 Å². The van der Waals surface area contributed by atoms with Gasteiger partial charge >= 0.3 is 0 Å². The largest absolute Gasteiger partial charge is 0.495 e. The Kier molecular flexibility index (Phi) is 10.4. The third kappa shape index (κ3) is 7.41. The van der Waals surface area contributed by atoms with E-state index in [0.29, 0.717) is 51.4 Å². The van der Waals surface area contributed by atoms with Gasteiger partial charge in [-0.2, -0.15) is 0 Å². The fourth-order valence-electron chi connectivity index (χ4n) is 7.26. The van der Waals surface area contributed by atoms with E-state index >= 15 is 0 Å². The van der Waals surface area contributed by atoms with Crippen molar-refractivity contribution in [1.82, 2.24) is 20.1 Å². The van der Waals surface area contributed by atoms with Crippen molar-refractivity contribution in [3.05, 3.63) is 89.0 Å². The Balaban J connectivity index is 1.50. The standard InChI is InChI=1S/C38H45FN4O4S/c1-26(28-12-6-4-7-13-28)40-38(44)36-31-22-35(48(3,45)46)34(47-2)23-33(31)41-37(29-14-10-11-27(21-29)24-39)32(36)25-42-19-15-30(16-20-42)43-17-8-5-9-18-43/h4,6-7,10-14,21-23,26,30H,5,8-9,15-20,24-25H2,1-3H3,(H,40,44)/t26-/m0/s1. The fraction of sp³-hybridized carbons (Fsp3) is 0.421. The molecule has 48 heavy (non-hydrogen) atoms. The first-order valence-electron chi connectivity index (χ1n) is 16.9. The third-order valence-electron chi connectivity index (χ3n) is 9.85. The van der Waals surface area contributed by atoms with E-state index in [-0.39, 0.29) is 22.6 Å². The van der Waals surface area contributed by atoms with Crippen molar-refractivity contribution in [3.63, 3.8) is 0 Å². The zero-order valence-corrected chi connectivity index (χ0v) is 28.9. The van der Waals surface area contributed by atoms with Crippen molar-refractivity contribution in [3.8, 4) is 17.0 Å². The molecule has 10 heteroatoms. The van der Waals surface area contributed by atoms with Crippen molar-refractivity contribution in [1.29, 1.82) is 0 Å². The molecule has 0 unspecified atom stereocenters. The minimum Gasteiger partial charge on any atom is -0.495 e. The lowest BCUT2D eigenvalue weighted by atomic mass is 9.93. The molecule has 1 aromatic heterocycles. The first-order valence-corrected chi connectivity index (χ1v) is 18.8. The number of nitrogens with one attached hydrogen (secondary N) is 1. The minimum absolute atomic E-state index is 0.00932. The van der Waals surface area contributed by atoms with E-state index < -0.39 is 16.5 Å². The lowest BCUT2D eigenvalue weighted by Gasteiger charge is -2.40. The molecule has 0 aliphatic carbocycles. The molecule has 1 amide bonds. The SMILES string of the molecule is COc1cc2nc(-c3cccc(CF)c3)c(CN3CCC(N4CCCCC4)CC3)c(C(=O)N[C@@H](C)c3ccccc3)c2cc1S(C)(=O)=O. The Hall–Kier alpha value is -3.86. The molecular weight excluding hydrogens is 628 g/mol. The number of likely N-dealkylation sites (tertiary alicyclic amines) is 2. The highest BCUT2D eigenvalue weighted by atomic mass is 32.2. The second-order valence-electron chi connectivity index (χ2n) is 13.2. The number of pyridine rings is 1. The molecule has 2 fully saturated rings. The van der Waals surface area contributed by atoms with E-state index in [1.165, 1.54) is 32.4 Å². The van der Waals surface area contributed by atoms with Crippen LogP contribution in [0.4, 0.5) is 4.39 Å². The van der Waals surface area contributed by atoms with Crippen molar-refractivity contribution in [2.24, 2.45) is 0 Å². The lowest BCUT2D eigenvalue weighted by molar-refractivity contribution is 0.0883. The average molecular weight is 673 g/mol. The van der Waals surface area contributed by atoms with Crippen molar-refractivity contribution in [2.45, 2.75) is 69.2 Å². The van der Waals surface area contributed by atoms with Crippen LogP contribution in [0, 0.1) is 0 Å². The smallest absolute Gasteiger partial charge is 0.252 e. The van der Waals surface area contributed by atoms with Crippen molar-refractivity contribution < 1.29 is 22.3 Å². The summed E-state index contributed by atoms with van der Waals surface area (Å²) in [5, 5.41) is 3.62. The van der Waals surface area contributed by atoms with E-state index in [2.05, 4.69) is 15.1 Å². The zero-order chi connectivity index (χ0) is 33.8. The number of amides is 1. The third-order valence-corrected chi connectivity index (χ3v) is 11.0. The van der Waals surface area contributed by atoms with Crippen LogP contribution >= 0.6 is 0 Å². The number of aromatic nitrogens is 1. The quantitative estimate of drug-likeness (QED) is 0.200. The molecule has 3 heterocycles. The first kappa shape index (κ1) is 34.0. The summed E-state index contributed by atoms with van der Waals surface area (Å²) >= 11 is 0. The molecule has 2 aliphatic rings. The van der Waals surface area contributed by atoms with Crippen LogP contribution in [0.3, 0.4) is 0 Å². The normalized spacial score (nSPS) is 17.3. The van der Waals surface area contributed by atoms with Gasteiger partial charge in [0.25, 0.3) is 5.91 Å². The number of methoxy groups -OCH3 is 1. The van der Waals surface area contributed by atoms with Crippen LogP contribution in [0.2, 0.25) is 0 Å². The summed E-state index contributed by atoms with van der Waals surface area (Å²) in [5.41, 5.74) is 4.21. The molecular formula is C38H45FN4O4S. The topological polar surface area (TPSA) is 91.8 Å². The molecule has 3 aromatic carbocycles. The molecule has 2 saturated heterocycles. The molecule has 0 bridgehead atoms. The molecule has 4 aromatic rings. The maximum Gasteiger partial charge on any atom is 0.252 e. The lowest BCUT2D eigenvalue weighted by Crippen LogP contribution is -2.46. The molecule has 1 N–H and O–H groups in total. The number of hydrogen-bond donors (Lipinski definition) is 1. The fourth-order valence-corrected chi connectivity index (χ4v) is 8.10. The highest BCUT2D eigenvalue weighted by Crippen LogP contribution is 2.37. The molecule has 254 valence electrons. The van der Waals surface area contributed by atoms with Crippen LogP contribution in [0.5, 0.6) is 5.75 Å². The number of halogens is 1. The number of ether oxygens (including phenoxy) is 1. The van der Waals surface area contributed by atoms with Gasteiger partial charge in [0.1, 0.15) is 17.3 Å². The van der Waals surface area contributed by atoms with Crippen LogP contribution in [0.1, 0.15) is 72.1 Å². The highest BCUT2D eigenvalue weighted by Gasteiger charge is 2.30. The zero-order valence-electron chi connectivity index (χ0n) is 28.0. The summed E-state index contributed by atoms with van der Waals surface area (Å²) in [5.74, 6) is -0.179. The van der Waals surface area contributed by atoms with Crippen LogP contribution < -0.4 is 10.1 Å². The predicted molar refractivity (Wildman–Crippen MR) is 188 cm³/mol. The molecule has 0 radical (unpaired) electrons. The minimum atomic E-state index is -3.72. The van der Waals surface area contributed by atoms with Gasteiger partial charge in [-0.25, -0.2) is 17.8 Å². The average Bonchev–Trinajstić information content (AvgIpc) is 3.11. The molecule has 8 nitrogen and oxygen atoms in total. The van der Waals surface area contributed by atoms with Gasteiger partial charge in [0.15, 0.2) is 9.84 Å². The number of rotatable bonds is 10. The van der Waals surface area contributed by atoms with E-state index in [9.17, 15) is 17.6 Å². The van der Waals surface area contributed by atoms with Gasteiger partial charge in [-0.3, -0.25) is 9.69 Å². The number of hydrogen-bond acceptors (Lipinski definition) is 7. The maximum atomic E-state index is 14.6. The summed E-state index contributed by atoms with van der Waals surface area (Å²) in [7, 11) is -2.30. The Bertz CT molecular complexity index is 1870. The van der Waals surface area contributed by atoms with E-state index in [1.54, 1.807) is 24.3 Å². The molecule has 0 saturated carbocycles. The first-order chi connectivity index (χ1) is 23.2. The Labute approximate surface area is 283 Å². The Morgan fingerprint density at radius 2 is 1.73 bits per heavy atom. The van der Waals surface area contributed by atoms with Gasteiger partial charge < -0.3 is 15.0 Å². The number of carbonyl (C=O) groups is 1. The maximum absolute atomic E-state index is 14.6. The summed E-state index contributed by atoms with van der Waals surface area (Å²) in [6, 6.07) is 20.2. The van der Waals surface area contributed by atoms with E-state index in [0.717, 1.165) is 50.8 Å². The Morgan fingerprint density at radius 3 is 2.40 bits per heavy atom. The number of nitrogens with zero attached hydrogens (tertiary/aromatic N) is 3. The molecule has 1 atom stereocenters. The second-order valence-corrected chi connectivity index (χ2v) is 15.1. The number of benzene rings is 3. The second kappa shape index (κ2) is 14.7. The van der Waals surface area contributed by atoms with Crippen LogP contribution in [0.15, 0.2) is 71.6 Å². The number of fused-ring (bicyclic) bond motifs is 1. The van der Waals surface area contributed by atoms with Crippen LogP contribution in [0.25, 0.3) is 22.2 Å². The molecule has 0 spiro atoms. The number of sulfone groups is 1. The van der Waals surface area contributed by atoms with E-state index in [4.69, 9.17) is 9.72 Å². The summed E-state index contributed by atoms with van der Waals surface area (Å²) in [6.07, 6.45) is 7.02. The van der Waals surface area contributed by atoms with Crippen molar-refractivity contribution >= 4 is 26.6 Å². The van der Waals surface area contributed by atoms with Crippen molar-refractivity contribution in [2.75, 3.05) is 39.5 Å². The predicted octanol–water partition coefficient (Wildman–Crippen LogP) is 6.72. The Morgan fingerprint density at radius 1 is 1.00 bits per heavy atom. The molecule has 6 rings (SSSR count). The number of alkyl halides is 1. The summed E-state index contributed by atoms with van der Waals surface area (Å²) in [4.78, 5) is 24.6. The van der Waals surface area contributed by atoms with Gasteiger partial charge in [-0.05, 0) is 82.0 Å². The summed E-state index contributed by atoms with van der Waals surface area (Å²) in [6.45, 7) is 5.78. The van der Waals surface area contributed by atoms with Gasteiger partial charge in [-0.15, -0.1) is 0 Å². The van der Waals surface area contributed by atoms with Crippen LogP contribution in [-0.2, 0) is 23.1 Å². The monoisotopic (exact) mass is 672 g/mol. The molecule has 2 aliphatic heterocycles. The van der Waals surface area contributed by atoms with Gasteiger partial charge in [0.2, 0.25) is 0 Å². The number of piperidine rings is 2. The van der Waals surface area contributed by atoms with Crippen LogP contribution in [-0.4, -0.2) is 74.7 Å². The van der Waals surface area contributed by atoms with Gasteiger partial charge in [0, 0.05) is 41.4 Å². The number of carbonyl (C=O) groups excluding carboxylic acids is 1. The highest BCUT2D eigenvalue weighted by molar-refractivity contribution is 7.90. The van der Waals surface area contributed by atoms with Gasteiger partial charge in [0.05, 0.1) is 29.9 Å². The summed E-state index contributed by atoms with van der Waals surface area (Å²) < 4.78 is 45.4.